The van der Waals surface area contributed by atoms with Gasteiger partial charge in [-0.3, -0.25) is 0 Å². The first-order chi connectivity index (χ1) is 8.78. The standard InChI is InChI=1S/C15H30N2O/c1-17(11-15-3-2-8-18-12-15)10-14-6-4-13(9-16)5-7-14/h13-15H,2-12,16H2,1H3. The van der Waals surface area contributed by atoms with Crippen LogP contribution in [-0.2, 0) is 4.74 Å². The van der Waals surface area contributed by atoms with Crippen molar-refractivity contribution in [1.29, 1.82) is 0 Å². The van der Waals surface area contributed by atoms with Crippen LogP contribution in [0.25, 0.3) is 0 Å². The first-order valence-corrected chi connectivity index (χ1v) is 7.74. The maximum Gasteiger partial charge on any atom is 0.0506 e. The molecule has 0 spiro atoms. The Labute approximate surface area is 112 Å². The number of nitrogens with zero attached hydrogens (tertiary/aromatic N) is 1. The molecule has 0 aromatic rings. The Kier molecular flexibility index (Phi) is 5.93. The van der Waals surface area contributed by atoms with Crippen molar-refractivity contribution in [3.63, 3.8) is 0 Å². The van der Waals surface area contributed by atoms with Crippen LogP contribution in [0.15, 0.2) is 0 Å². The molecule has 0 amide bonds. The van der Waals surface area contributed by atoms with Gasteiger partial charge in [-0.1, -0.05) is 0 Å². The predicted octanol–water partition coefficient (Wildman–Crippen LogP) is 2.11. The molecule has 0 radical (unpaired) electrons. The first-order valence-electron chi connectivity index (χ1n) is 7.74. The molecule has 106 valence electrons. The van der Waals surface area contributed by atoms with Crippen molar-refractivity contribution in [3.8, 4) is 0 Å². The Bertz CT molecular complexity index is 221. The minimum Gasteiger partial charge on any atom is -0.381 e. The first kappa shape index (κ1) is 14.3. The highest BCUT2D eigenvalue weighted by atomic mass is 16.5. The van der Waals surface area contributed by atoms with Crippen LogP contribution in [0, 0.1) is 17.8 Å². The molecule has 1 saturated carbocycles. The molecule has 18 heavy (non-hydrogen) atoms. The molecule has 1 heterocycles. The topological polar surface area (TPSA) is 38.5 Å². The van der Waals surface area contributed by atoms with Crippen molar-refractivity contribution >= 4 is 0 Å². The smallest absolute Gasteiger partial charge is 0.0506 e. The quantitative estimate of drug-likeness (QED) is 0.816. The molecule has 2 fully saturated rings. The van der Waals surface area contributed by atoms with E-state index in [1.807, 2.05) is 0 Å². The normalized spacial score (nSPS) is 33.8. The van der Waals surface area contributed by atoms with Crippen LogP contribution < -0.4 is 5.73 Å². The van der Waals surface area contributed by atoms with E-state index in [0.717, 1.165) is 37.5 Å². The lowest BCUT2D eigenvalue weighted by atomic mass is 9.82. The van der Waals surface area contributed by atoms with Crippen molar-refractivity contribution in [2.45, 2.75) is 38.5 Å². The van der Waals surface area contributed by atoms with Crippen LogP contribution in [0.5, 0.6) is 0 Å². The zero-order valence-corrected chi connectivity index (χ0v) is 11.9. The van der Waals surface area contributed by atoms with Crippen molar-refractivity contribution in [2.24, 2.45) is 23.5 Å². The summed E-state index contributed by atoms with van der Waals surface area (Å²) in [4.78, 5) is 2.53. The van der Waals surface area contributed by atoms with Crippen LogP contribution in [0.3, 0.4) is 0 Å². The van der Waals surface area contributed by atoms with Crippen molar-refractivity contribution in [1.82, 2.24) is 4.90 Å². The maximum atomic E-state index is 5.75. The van der Waals surface area contributed by atoms with E-state index in [9.17, 15) is 0 Å². The van der Waals surface area contributed by atoms with E-state index < -0.39 is 0 Å². The molecule has 1 aliphatic heterocycles. The molecular weight excluding hydrogens is 224 g/mol. The molecule has 1 saturated heterocycles. The lowest BCUT2D eigenvalue weighted by Crippen LogP contribution is -2.35. The summed E-state index contributed by atoms with van der Waals surface area (Å²) >= 11 is 0. The molecule has 3 heteroatoms. The minimum absolute atomic E-state index is 0.768. The molecule has 2 aliphatic rings. The van der Waals surface area contributed by atoms with Gasteiger partial charge in [0.15, 0.2) is 0 Å². The van der Waals surface area contributed by atoms with Gasteiger partial charge in [-0.15, -0.1) is 0 Å². The molecule has 1 unspecified atom stereocenters. The lowest BCUT2D eigenvalue weighted by Gasteiger charge is -2.33. The van der Waals surface area contributed by atoms with E-state index in [1.54, 1.807) is 0 Å². The van der Waals surface area contributed by atoms with Gasteiger partial charge in [0.05, 0.1) is 6.61 Å². The fourth-order valence-electron chi connectivity index (χ4n) is 3.56. The van der Waals surface area contributed by atoms with Gasteiger partial charge in [0.1, 0.15) is 0 Å². The lowest BCUT2D eigenvalue weighted by molar-refractivity contribution is 0.0389. The molecule has 0 aromatic heterocycles. The van der Waals surface area contributed by atoms with Crippen LogP contribution in [0.4, 0.5) is 0 Å². The monoisotopic (exact) mass is 254 g/mol. The van der Waals surface area contributed by atoms with Gasteiger partial charge >= 0.3 is 0 Å². The summed E-state index contributed by atoms with van der Waals surface area (Å²) in [5.74, 6) is 2.48. The highest BCUT2D eigenvalue weighted by Crippen LogP contribution is 2.28. The highest BCUT2D eigenvalue weighted by molar-refractivity contribution is 4.76. The molecular formula is C15H30N2O. The largest absolute Gasteiger partial charge is 0.381 e. The number of hydrogen-bond donors (Lipinski definition) is 1. The highest BCUT2D eigenvalue weighted by Gasteiger charge is 2.22. The van der Waals surface area contributed by atoms with E-state index >= 15 is 0 Å². The molecule has 1 atom stereocenters. The van der Waals surface area contributed by atoms with E-state index in [-0.39, 0.29) is 0 Å². The van der Waals surface area contributed by atoms with Gasteiger partial charge in [0, 0.05) is 19.7 Å². The third-order valence-corrected chi connectivity index (χ3v) is 4.69. The zero-order valence-electron chi connectivity index (χ0n) is 11.9. The Hall–Kier alpha value is -0.120. The van der Waals surface area contributed by atoms with Crippen molar-refractivity contribution in [2.75, 3.05) is 39.9 Å². The van der Waals surface area contributed by atoms with Crippen LogP contribution in [-0.4, -0.2) is 44.8 Å². The van der Waals surface area contributed by atoms with Gasteiger partial charge in [0.2, 0.25) is 0 Å². The molecule has 2 N–H and O–H groups in total. The SMILES string of the molecule is CN(CC1CCC(CN)CC1)CC1CCCOC1. The fraction of sp³-hybridized carbons (Fsp3) is 1.00. The summed E-state index contributed by atoms with van der Waals surface area (Å²) < 4.78 is 5.56. The Morgan fingerprint density at radius 1 is 1.00 bits per heavy atom. The third-order valence-electron chi connectivity index (χ3n) is 4.69. The zero-order chi connectivity index (χ0) is 12.8. The summed E-state index contributed by atoms with van der Waals surface area (Å²) in [7, 11) is 2.28. The van der Waals surface area contributed by atoms with Crippen LogP contribution in [0.1, 0.15) is 38.5 Å². The number of hydrogen-bond acceptors (Lipinski definition) is 3. The minimum atomic E-state index is 0.768. The summed E-state index contributed by atoms with van der Waals surface area (Å²) in [5.41, 5.74) is 5.75. The average molecular weight is 254 g/mol. The van der Waals surface area contributed by atoms with E-state index in [2.05, 4.69) is 11.9 Å². The van der Waals surface area contributed by atoms with E-state index in [0.29, 0.717) is 0 Å². The van der Waals surface area contributed by atoms with Gasteiger partial charge < -0.3 is 15.4 Å². The van der Waals surface area contributed by atoms with Crippen LogP contribution in [0.2, 0.25) is 0 Å². The molecule has 2 rings (SSSR count). The van der Waals surface area contributed by atoms with Gasteiger partial charge in [0.25, 0.3) is 0 Å². The van der Waals surface area contributed by atoms with Gasteiger partial charge in [-0.2, -0.15) is 0 Å². The number of rotatable bonds is 5. The summed E-state index contributed by atoms with van der Waals surface area (Å²) in [5, 5.41) is 0. The Balaban J connectivity index is 1.63. The van der Waals surface area contributed by atoms with Crippen molar-refractivity contribution < 1.29 is 4.74 Å². The average Bonchev–Trinajstić information content (AvgIpc) is 2.40. The fourth-order valence-corrected chi connectivity index (χ4v) is 3.56. The van der Waals surface area contributed by atoms with E-state index in [1.165, 1.54) is 51.6 Å². The number of ether oxygens (including phenoxy) is 1. The second kappa shape index (κ2) is 7.46. The molecule has 0 aromatic carbocycles. The summed E-state index contributed by atoms with van der Waals surface area (Å²) in [6.45, 7) is 5.33. The summed E-state index contributed by atoms with van der Waals surface area (Å²) in [6.07, 6.45) is 8.06. The number of nitrogens with two attached hydrogens (primary N) is 1. The molecule has 3 nitrogen and oxygen atoms in total. The van der Waals surface area contributed by atoms with Crippen molar-refractivity contribution in [3.05, 3.63) is 0 Å². The second-order valence-corrected chi connectivity index (χ2v) is 6.43. The van der Waals surface area contributed by atoms with Gasteiger partial charge in [-0.25, -0.2) is 0 Å². The Morgan fingerprint density at radius 2 is 1.67 bits per heavy atom. The molecule has 0 bridgehead atoms. The molecule has 1 aliphatic carbocycles. The van der Waals surface area contributed by atoms with E-state index in [4.69, 9.17) is 10.5 Å². The second-order valence-electron chi connectivity index (χ2n) is 6.43. The van der Waals surface area contributed by atoms with Crippen LogP contribution >= 0.6 is 0 Å². The Morgan fingerprint density at radius 3 is 2.28 bits per heavy atom. The maximum absolute atomic E-state index is 5.75. The summed E-state index contributed by atoms with van der Waals surface area (Å²) in [6, 6.07) is 0. The third kappa shape index (κ3) is 4.52. The van der Waals surface area contributed by atoms with Gasteiger partial charge in [-0.05, 0) is 69.9 Å². The predicted molar refractivity (Wildman–Crippen MR) is 75.5 cm³/mol.